The smallest absolute Gasteiger partial charge is 0.255 e. The molecule has 5 heteroatoms. The quantitative estimate of drug-likeness (QED) is 0.942. The average molecular weight is 303 g/mol. The Labute approximate surface area is 128 Å². The predicted molar refractivity (Wildman–Crippen MR) is 84.9 cm³/mol. The van der Waals surface area contributed by atoms with Crippen LogP contribution in [0.5, 0.6) is 0 Å². The summed E-state index contributed by atoms with van der Waals surface area (Å²) < 4.78 is 0. The third-order valence-corrected chi connectivity index (χ3v) is 3.31. The Balaban J connectivity index is 2.10. The summed E-state index contributed by atoms with van der Waals surface area (Å²) in [5.74, 6) is -0.282. The second-order valence-electron chi connectivity index (χ2n) is 4.59. The summed E-state index contributed by atoms with van der Waals surface area (Å²) in [5.41, 5.74) is 1.91. The summed E-state index contributed by atoms with van der Waals surface area (Å²) in [7, 11) is 1.70. The van der Waals surface area contributed by atoms with Crippen molar-refractivity contribution in [3.8, 4) is 0 Å². The third kappa shape index (κ3) is 3.83. The van der Waals surface area contributed by atoms with Gasteiger partial charge in [0.05, 0.1) is 0 Å². The van der Waals surface area contributed by atoms with E-state index in [9.17, 15) is 9.59 Å². The van der Waals surface area contributed by atoms with E-state index >= 15 is 0 Å². The highest BCUT2D eigenvalue weighted by Crippen LogP contribution is 2.18. The van der Waals surface area contributed by atoms with Crippen LogP contribution < -0.4 is 10.2 Å². The Morgan fingerprint density at radius 3 is 2.33 bits per heavy atom. The molecule has 108 valence electrons. The van der Waals surface area contributed by atoms with Gasteiger partial charge in [-0.25, -0.2) is 0 Å². The van der Waals surface area contributed by atoms with Crippen LogP contribution in [0.25, 0.3) is 0 Å². The molecule has 4 nitrogen and oxygen atoms in total. The molecule has 0 aromatic heterocycles. The topological polar surface area (TPSA) is 49.4 Å². The molecule has 0 bridgehead atoms. The van der Waals surface area contributed by atoms with Crippen molar-refractivity contribution >= 4 is 34.8 Å². The van der Waals surface area contributed by atoms with Crippen molar-refractivity contribution in [2.75, 3.05) is 17.3 Å². The molecule has 21 heavy (non-hydrogen) atoms. The monoisotopic (exact) mass is 302 g/mol. The Hall–Kier alpha value is -2.33. The van der Waals surface area contributed by atoms with E-state index in [-0.39, 0.29) is 11.8 Å². The Kier molecular flexibility index (Phi) is 4.60. The molecule has 2 aromatic carbocycles. The lowest BCUT2D eigenvalue weighted by atomic mass is 10.2. The molecule has 0 radical (unpaired) electrons. The summed E-state index contributed by atoms with van der Waals surface area (Å²) in [6.45, 7) is 1.49. The van der Waals surface area contributed by atoms with Crippen molar-refractivity contribution in [1.29, 1.82) is 0 Å². The molecule has 0 saturated carbocycles. The molecule has 0 fully saturated rings. The van der Waals surface area contributed by atoms with Crippen LogP contribution in [0, 0.1) is 0 Å². The first-order valence-corrected chi connectivity index (χ1v) is 6.76. The molecule has 0 saturated heterocycles. The van der Waals surface area contributed by atoms with Crippen LogP contribution >= 0.6 is 11.6 Å². The number of amides is 2. The Morgan fingerprint density at radius 2 is 1.76 bits per heavy atom. The fourth-order valence-electron chi connectivity index (χ4n) is 1.78. The molecule has 0 aliphatic rings. The van der Waals surface area contributed by atoms with Gasteiger partial charge in [-0.3, -0.25) is 9.59 Å². The maximum absolute atomic E-state index is 12.1. The number of nitrogens with one attached hydrogen (secondary N) is 1. The van der Waals surface area contributed by atoms with Gasteiger partial charge in [-0.1, -0.05) is 17.7 Å². The Morgan fingerprint density at radius 1 is 1.10 bits per heavy atom. The number of carbonyl (C=O) groups is 2. The van der Waals surface area contributed by atoms with Crippen LogP contribution in [0.4, 0.5) is 11.4 Å². The van der Waals surface area contributed by atoms with Gasteiger partial charge in [0.1, 0.15) is 0 Å². The zero-order valence-electron chi connectivity index (χ0n) is 11.8. The van der Waals surface area contributed by atoms with Crippen molar-refractivity contribution in [2.24, 2.45) is 0 Å². The summed E-state index contributed by atoms with van der Waals surface area (Å²) in [5, 5.41) is 3.29. The fourth-order valence-corrected chi connectivity index (χ4v) is 1.97. The van der Waals surface area contributed by atoms with Gasteiger partial charge in [-0.2, -0.15) is 0 Å². The van der Waals surface area contributed by atoms with Crippen LogP contribution in [0.15, 0.2) is 48.5 Å². The van der Waals surface area contributed by atoms with Crippen molar-refractivity contribution < 1.29 is 9.59 Å². The van der Waals surface area contributed by atoms with Crippen molar-refractivity contribution in [1.82, 2.24) is 0 Å². The molecule has 0 atom stereocenters. The minimum Gasteiger partial charge on any atom is -0.322 e. The average Bonchev–Trinajstić information content (AvgIpc) is 2.47. The second-order valence-corrected chi connectivity index (χ2v) is 5.03. The molecule has 2 aromatic rings. The molecule has 0 unspecified atom stereocenters. The van der Waals surface area contributed by atoms with E-state index in [1.165, 1.54) is 11.8 Å². The minimum atomic E-state index is -0.231. The van der Waals surface area contributed by atoms with E-state index in [1.807, 2.05) is 0 Å². The van der Waals surface area contributed by atoms with Crippen molar-refractivity contribution in [3.05, 3.63) is 59.1 Å². The number of hydrogen-bond donors (Lipinski definition) is 1. The molecular formula is C16H15ClN2O2. The largest absolute Gasteiger partial charge is 0.322 e. The summed E-state index contributed by atoms with van der Waals surface area (Å²) in [4.78, 5) is 24.9. The van der Waals surface area contributed by atoms with E-state index in [4.69, 9.17) is 11.6 Å². The molecule has 2 rings (SSSR count). The Bertz CT molecular complexity index is 668. The van der Waals surface area contributed by atoms with E-state index in [1.54, 1.807) is 55.6 Å². The molecule has 2 amide bonds. The molecule has 0 aliphatic carbocycles. The summed E-state index contributed by atoms with van der Waals surface area (Å²) in [6.07, 6.45) is 0. The molecular weight excluding hydrogens is 288 g/mol. The highest BCUT2D eigenvalue weighted by molar-refractivity contribution is 6.31. The van der Waals surface area contributed by atoms with Crippen LogP contribution in [0.3, 0.4) is 0 Å². The first-order valence-electron chi connectivity index (χ1n) is 6.38. The standard InChI is InChI=1S/C16H15ClN2O2/c1-11(20)19(2)15-8-6-14(7-9-15)18-16(21)12-4-3-5-13(17)10-12/h3-10H,1-2H3,(H,18,21). The van der Waals surface area contributed by atoms with Crippen LogP contribution in [-0.2, 0) is 4.79 Å². The number of benzene rings is 2. The zero-order chi connectivity index (χ0) is 15.4. The lowest BCUT2D eigenvalue weighted by Crippen LogP contribution is -2.22. The van der Waals surface area contributed by atoms with Gasteiger partial charge in [0.2, 0.25) is 5.91 Å². The van der Waals surface area contributed by atoms with Gasteiger partial charge < -0.3 is 10.2 Å². The van der Waals surface area contributed by atoms with E-state index in [0.29, 0.717) is 16.3 Å². The normalized spacial score (nSPS) is 10.0. The maximum atomic E-state index is 12.1. The first kappa shape index (κ1) is 15.1. The number of nitrogens with zero attached hydrogens (tertiary/aromatic N) is 1. The van der Waals surface area contributed by atoms with Gasteiger partial charge in [0.25, 0.3) is 5.91 Å². The van der Waals surface area contributed by atoms with Crippen LogP contribution in [-0.4, -0.2) is 18.9 Å². The van der Waals surface area contributed by atoms with Crippen molar-refractivity contribution in [2.45, 2.75) is 6.92 Å². The second kappa shape index (κ2) is 6.41. The van der Waals surface area contributed by atoms with E-state index in [2.05, 4.69) is 5.32 Å². The summed E-state index contributed by atoms with van der Waals surface area (Å²) >= 11 is 5.86. The van der Waals surface area contributed by atoms with Crippen molar-refractivity contribution in [3.63, 3.8) is 0 Å². The molecule has 1 N–H and O–H groups in total. The minimum absolute atomic E-state index is 0.0503. The lowest BCUT2D eigenvalue weighted by Gasteiger charge is -2.15. The van der Waals surface area contributed by atoms with Gasteiger partial charge in [-0.05, 0) is 42.5 Å². The maximum Gasteiger partial charge on any atom is 0.255 e. The van der Waals surface area contributed by atoms with E-state index in [0.717, 1.165) is 5.69 Å². The number of rotatable bonds is 3. The SMILES string of the molecule is CC(=O)N(C)c1ccc(NC(=O)c2cccc(Cl)c2)cc1. The summed E-state index contributed by atoms with van der Waals surface area (Å²) in [6, 6.07) is 13.8. The highest BCUT2D eigenvalue weighted by atomic mass is 35.5. The van der Waals surface area contributed by atoms with Gasteiger partial charge >= 0.3 is 0 Å². The molecule has 0 heterocycles. The number of hydrogen-bond acceptors (Lipinski definition) is 2. The van der Waals surface area contributed by atoms with Crippen LogP contribution in [0.1, 0.15) is 17.3 Å². The van der Waals surface area contributed by atoms with Gasteiger partial charge in [-0.15, -0.1) is 0 Å². The predicted octanol–water partition coefficient (Wildman–Crippen LogP) is 3.58. The van der Waals surface area contributed by atoms with Gasteiger partial charge in [0, 0.05) is 35.9 Å². The number of anilines is 2. The highest BCUT2D eigenvalue weighted by Gasteiger charge is 2.08. The first-order chi connectivity index (χ1) is 9.97. The molecule has 0 aliphatic heterocycles. The molecule has 0 spiro atoms. The lowest BCUT2D eigenvalue weighted by molar-refractivity contribution is -0.116. The fraction of sp³-hybridized carbons (Fsp3) is 0.125. The van der Waals surface area contributed by atoms with E-state index < -0.39 is 0 Å². The number of carbonyl (C=O) groups excluding carboxylic acids is 2. The number of halogens is 1. The van der Waals surface area contributed by atoms with Gasteiger partial charge in [0.15, 0.2) is 0 Å². The third-order valence-electron chi connectivity index (χ3n) is 3.07. The zero-order valence-corrected chi connectivity index (χ0v) is 12.5. The van der Waals surface area contributed by atoms with Crippen LogP contribution in [0.2, 0.25) is 5.02 Å².